The minimum absolute atomic E-state index is 0.0932. The predicted octanol–water partition coefficient (Wildman–Crippen LogP) is -0.0864. The first-order valence-electron chi connectivity index (χ1n) is 14.1. The lowest BCUT2D eigenvalue weighted by Gasteiger charge is -2.48. The fraction of sp³-hybridized carbons (Fsp3) is 0.960. The van der Waals surface area contributed by atoms with Gasteiger partial charge < -0.3 is 30.5 Å². The largest absolute Gasteiger partial charge is 0.490 e. The molecule has 7 atom stereocenters. The molecule has 14 heteroatoms. The summed E-state index contributed by atoms with van der Waals surface area (Å²) in [6.45, 7) is 6.17. The zero-order valence-corrected chi connectivity index (χ0v) is 22.5. The van der Waals surface area contributed by atoms with E-state index in [1.54, 1.807) is 0 Å². The number of carboxylic acids is 1. The highest BCUT2D eigenvalue weighted by Gasteiger charge is 2.51. The quantitative estimate of drug-likeness (QED) is 0.240. The van der Waals surface area contributed by atoms with Crippen LogP contribution in [0.4, 0.5) is 13.2 Å². The second kappa shape index (κ2) is 12.8. The van der Waals surface area contributed by atoms with Crippen LogP contribution in [0, 0.1) is 5.92 Å². The molecule has 0 aromatic carbocycles. The van der Waals surface area contributed by atoms with Crippen molar-refractivity contribution in [3.05, 3.63) is 0 Å². The Balaban J connectivity index is 0.000000448. The van der Waals surface area contributed by atoms with E-state index in [2.05, 4.69) is 25.3 Å². The molecule has 5 fully saturated rings. The predicted molar refractivity (Wildman–Crippen MR) is 134 cm³/mol. The van der Waals surface area contributed by atoms with Gasteiger partial charge in [0.2, 0.25) is 0 Å². The number of ether oxygens (including phenoxy) is 1. The van der Waals surface area contributed by atoms with Crippen molar-refractivity contribution < 1.29 is 43.1 Å². The standard InChI is InChI=1S/C23H43N5O4.C2HF3O2/c1-26-19-12-16(4-2-3-9-27-10-11-32-23(15-27)13-24-14-23)5-6-17(19)28(22(26)31)18-7-8-20(29)25-21(18)30;3-2(4,5)1(6)7/h16-22,24-25,29-31H,2-15H2,1H3;(H,6,7). The average Bonchev–Trinajstić information content (AvgIpc) is 3.10. The van der Waals surface area contributed by atoms with Gasteiger partial charge in [-0.3, -0.25) is 20.0 Å². The van der Waals surface area contributed by atoms with Crippen molar-refractivity contribution in [3.8, 4) is 0 Å². The van der Waals surface area contributed by atoms with Crippen molar-refractivity contribution in [1.82, 2.24) is 25.3 Å². The molecule has 5 rings (SSSR count). The average molecular weight is 568 g/mol. The first-order valence-corrected chi connectivity index (χ1v) is 14.1. The molecule has 226 valence electrons. The molecule has 1 spiro atoms. The Morgan fingerprint density at radius 2 is 1.74 bits per heavy atom. The van der Waals surface area contributed by atoms with E-state index in [0.717, 1.165) is 45.6 Å². The molecule has 4 heterocycles. The summed E-state index contributed by atoms with van der Waals surface area (Å²) in [6.07, 6.45) is 1.29. The van der Waals surface area contributed by atoms with Crippen LogP contribution in [0.25, 0.3) is 0 Å². The zero-order valence-electron chi connectivity index (χ0n) is 22.5. The molecule has 7 unspecified atom stereocenters. The molecule has 5 aliphatic rings. The summed E-state index contributed by atoms with van der Waals surface area (Å²) >= 11 is 0. The van der Waals surface area contributed by atoms with Crippen LogP contribution in [-0.2, 0) is 9.53 Å². The lowest BCUT2D eigenvalue weighted by Crippen LogP contribution is -2.68. The van der Waals surface area contributed by atoms with Crippen LogP contribution in [0.5, 0.6) is 0 Å². The van der Waals surface area contributed by atoms with Gasteiger partial charge >= 0.3 is 12.1 Å². The van der Waals surface area contributed by atoms with Gasteiger partial charge in [-0.2, -0.15) is 13.2 Å². The number of nitrogens with zero attached hydrogens (tertiary/aromatic N) is 3. The van der Waals surface area contributed by atoms with Crippen molar-refractivity contribution >= 4 is 5.97 Å². The molecule has 11 nitrogen and oxygen atoms in total. The van der Waals surface area contributed by atoms with Crippen molar-refractivity contribution in [2.45, 2.75) is 100 Å². The Bertz CT molecular complexity index is 822. The maximum Gasteiger partial charge on any atom is 0.490 e. The summed E-state index contributed by atoms with van der Waals surface area (Å²) in [5, 5.41) is 44.6. The number of aliphatic hydroxyl groups is 3. The lowest BCUT2D eigenvalue weighted by atomic mass is 9.79. The molecule has 6 N–H and O–H groups in total. The van der Waals surface area contributed by atoms with E-state index < -0.39 is 31.0 Å². The molecule has 1 aliphatic carbocycles. The minimum atomic E-state index is -5.08. The van der Waals surface area contributed by atoms with Gasteiger partial charge in [0.25, 0.3) is 0 Å². The zero-order chi connectivity index (χ0) is 28.4. The van der Waals surface area contributed by atoms with Gasteiger partial charge in [0.15, 0.2) is 6.35 Å². The fourth-order valence-electron chi connectivity index (χ4n) is 6.92. The molecule has 0 bridgehead atoms. The van der Waals surface area contributed by atoms with E-state index in [-0.39, 0.29) is 17.7 Å². The highest BCUT2D eigenvalue weighted by Crippen LogP contribution is 2.41. The van der Waals surface area contributed by atoms with E-state index in [1.807, 2.05) is 7.05 Å². The normalized spacial score (nSPS) is 37.6. The van der Waals surface area contributed by atoms with Crippen LogP contribution in [-0.4, -0.2) is 136 Å². The van der Waals surface area contributed by atoms with E-state index in [4.69, 9.17) is 14.6 Å². The smallest absolute Gasteiger partial charge is 0.475 e. The van der Waals surface area contributed by atoms with Gasteiger partial charge in [0.1, 0.15) is 18.1 Å². The number of rotatable bonds is 6. The SMILES string of the molecule is CN1C2CC(CCCCN3CCOC4(CNC4)C3)CCC2N(C2CCC(O)NC2O)C1O.O=C(O)C(F)(F)F. The van der Waals surface area contributed by atoms with Gasteiger partial charge in [0, 0.05) is 38.3 Å². The van der Waals surface area contributed by atoms with E-state index >= 15 is 0 Å². The highest BCUT2D eigenvalue weighted by atomic mass is 19.4. The molecular weight excluding hydrogens is 523 g/mol. The van der Waals surface area contributed by atoms with Crippen LogP contribution in [0.2, 0.25) is 0 Å². The summed E-state index contributed by atoms with van der Waals surface area (Å²) in [6, 6.07) is 0.474. The van der Waals surface area contributed by atoms with Crippen molar-refractivity contribution in [3.63, 3.8) is 0 Å². The Hall–Kier alpha value is -1.10. The van der Waals surface area contributed by atoms with Gasteiger partial charge in [0.05, 0.1) is 12.6 Å². The molecule has 0 aromatic heterocycles. The Kier molecular flexibility index (Phi) is 10.1. The van der Waals surface area contributed by atoms with Crippen LogP contribution in [0.3, 0.4) is 0 Å². The number of likely N-dealkylation sites (N-methyl/N-ethyl adjacent to an activating group) is 1. The number of carboxylic acid groups (broad SMARTS) is 1. The highest BCUT2D eigenvalue weighted by molar-refractivity contribution is 5.73. The van der Waals surface area contributed by atoms with Gasteiger partial charge in [-0.15, -0.1) is 0 Å². The van der Waals surface area contributed by atoms with Crippen LogP contribution in [0.15, 0.2) is 0 Å². The van der Waals surface area contributed by atoms with Crippen molar-refractivity contribution in [1.29, 1.82) is 0 Å². The number of unbranched alkanes of at least 4 members (excludes halogenated alkanes) is 1. The van der Waals surface area contributed by atoms with E-state index in [0.29, 0.717) is 24.8 Å². The summed E-state index contributed by atoms with van der Waals surface area (Å²) < 4.78 is 37.7. The summed E-state index contributed by atoms with van der Waals surface area (Å²) in [5.41, 5.74) is 0.0932. The van der Waals surface area contributed by atoms with Crippen molar-refractivity contribution in [2.24, 2.45) is 5.92 Å². The number of alkyl halides is 3. The molecule has 39 heavy (non-hydrogen) atoms. The number of aliphatic carboxylic acids is 1. The Morgan fingerprint density at radius 1 is 1.05 bits per heavy atom. The van der Waals surface area contributed by atoms with Crippen LogP contribution < -0.4 is 10.6 Å². The van der Waals surface area contributed by atoms with Crippen LogP contribution in [0.1, 0.15) is 51.4 Å². The lowest BCUT2D eigenvalue weighted by molar-refractivity contribution is -0.192. The third-order valence-corrected chi connectivity index (χ3v) is 9.07. The third-order valence-electron chi connectivity index (χ3n) is 9.07. The molecule has 1 saturated carbocycles. The maximum atomic E-state index is 11.0. The molecular formula is C25H44F3N5O6. The fourth-order valence-corrected chi connectivity index (χ4v) is 6.92. The third kappa shape index (κ3) is 7.41. The monoisotopic (exact) mass is 567 g/mol. The number of hydrogen-bond donors (Lipinski definition) is 6. The molecule has 0 amide bonds. The van der Waals surface area contributed by atoms with Gasteiger partial charge in [-0.1, -0.05) is 12.8 Å². The van der Waals surface area contributed by atoms with E-state index in [9.17, 15) is 28.5 Å². The summed E-state index contributed by atoms with van der Waals surface area (Å²) in [5.74, 6) is -2.04. The van der Waals surface area contributed by atoms with Gasteiger partial charge in [-0.05, 0) is 58.0 Å². The summed E-state index contributed by atoms with van der Waals surface area (Å²) in [7, 11) is 2.02. The maximum absolute atomic E-state index is 11.0. The Morgan fingerprint density at radius 3 is 2.36 bits per heavy atom. The van der Waals surface area contributed by atoms with Crippen molar-refractivity contribution in [2.75, 3.05) is 46.4 Å². The van der Waals surface area contributed by atoms with Crippen LogP contribution >= 0.6 is 0 Å². The molecule has 0 aromatic rings. The number of morpholine rings is 1. The first-order chi connectivity index (χ1) is 18.4. The number of piperidine rings is 1. The molecule has 4 aliphatic heterocycles. The summed E-state index contributed by atoms with van der Waals surface area (Å²) in [4.78, 5) is 15.7. The number of hydrogen-bond acceptors (Lipinski definition) is 10. The number of nitrogens with one attached hydrogen (secondary N) is 2. The topological polar surface area (TPSA) is 141 Å². The van der Waals surface area contributed by atoms with Gasteiger partial charge in [-0.25, -0.2) is 4.79 Å². The first kappa shape index (κ1) is 30.8. The second-order valence-electron chi connectivity index (χ2n) is 11.8. The molecule has 0 radical (unpaired) electrons. The number of aliphatic hydroxyl groups excluding tert-OH is 3. The number of halogens is 3. The number of fused-ring (bicyclic) bond motifs is 1. The minimum Gasteiger partial charge on any atom is -0.475 e. The molecule has 4 saturated heterocycles. The number of carbonyl (C=O) groups is 1. The van der Waals surface area contributed by atoms with E-state index in [1.165, 1.54) is 32.2 Å². The Labute approximate surface area is 227 Å². The second-order valence-corrected chi connectivity index (χ2v) is 11.8.